The summed E-state index contributed by atoms with van der Waals surface area (Å²) >= 11 is 6.08. The third-order valence-electron chi connectivity index (χ3n) is 4.08. The van der Waals surface area contributed by atoms with Crippen LogP contribution in [0, 0.1) is 0 Å². The maximum atomic E-state index is 13.0. The molecule has 0 aliphatic carbocycles. The van der Waals surface area contributed by atoms with Crippen LogP contribution in [0.3, 0.4) is 0 Å². The van der Waals surface area contributed by atoms with Crippen LogP contribution >= 0.6 is 11.6 Å². The molecule has 0 spiro atoms. The van der Waals surface area contributed by atoms with Gasteiger partial charge < -0.3 is 20.1 Å². The molecule has 0 heterocycles. The highest BCUT2D eigenvalue weighted by molar-refractivity contribution is 6.30. The predicted octanol–water partition coefficient (Wildman–Crippen LogP) is 4.79. The molecular weight excluding hydrogens is 392 g/mol. The van der Waals surface area contributed by atoms with Crippen molar-refractivity contribution in [3.8, 4) is 5.75 Å². The average molecular weight is 419 g/mol. The number of amides is 2. The van der Waals surface area contributed by atoms with Gasteiger partial charge in [0.25, 0.3) is 0 Å². The van der Waals surface area contributed by atoms with Gasteiger partial charge >= 0.3 is 6.09 Å². The van der Waals surface area contributed by atoms with Crippen LogP contribution in [0.5, 0.6) is 5.75 Å². The summed E-state index contributed by atoms with van der Waals surface area (Å²) < 4.78 is 10.5. The second kappa shape index (κ2) is 9.65. The van der Waals surface area contributed by atoms with E-state index in [0.29, 0.717) is 10.6 Å². The monoisotopic (exact) mass is 418 g/mol. The first-order valence-electron chi connectivity index (χ1n) is 9.28. The Morgan fingerprint density at radius 3 is 2.21 bits per heavy atom. The van der Waals surface area contributed by atoms with E-state index < -0.39 is 17.7 Å². The number of hydrogen-bond donors (Lipinski definition) is 2. The van der Waals surface area contributed by atoms with Gasteiger partial charge in [-0.3, -0.25) is 4.79 Å². The number of nitrogens with one attached hydrogen (secondary N) is 2. The molecule has 2 amide bonds. The van der Waals surface area contributed by atoms with Crippen LogP contribution in [0.4, 0.5) is 4.79 Å². The van der Waals surface area contributed by atoms with Crippen molar-refractivity contribution in [1.82, 2.24) is 10.6 Å². The first-order chi connectivity index (χ1) is 13.6. The number of methoxy groups -OCH3 is 1. The molecule has 2 rings (SSSR count). The highest BCUT2D eigenvalue weighted by atomic mass is 35.5. The lowest BCUT2D eigenvalue weighted by Crippen LogP contribution is -2.43. The average Bonchev–Trinajstić information content (AvgIpc) is 2.64. The van der Waals surface area contributed by atoms with Gasteiger partial charge in [0.1, 0.15) is 17.4 Å². The van der Waals surface area contributed by atoms with Crippen molar-refractivity contribution in [1.29, 1.82) is 0 Å². The van der Waals surface area contributed by atoms with Crippen molar-refractivity contribution >= 4 is 23.6 Å². The van der Waals surface area contributed by atoms with Gasteiger partial charge in [0.15, 0.2) is 0 Å². The smallest absolute Gasteiger partial charge is 0.408 e. The highest BCUT2D eigenvalue weighted by Crippen LogP contribution is 2.22. The van der Waals surface area contributed by atoms with Gasteiger partial charge in [-0.2, -0.15) is 0 Å². The van der Waals surface area contributed by atoms with E-state index in [1.807, 2.05) is 31.2 Å². The Labute approximate surface area is 176 Å². The molecule has 6 nitrogen and oxygen atoms in total. The molecule has 2 unspecified atom stereocenters. The lowest BCUT2D eigenvalue weighted by atomic mass is 10.0. The zero-order chi connectivity index (χ0) is 21.6. The van der Waals surface area contributed by atoms with Crippen LogP contribution in [0.2, 0.25) is 5.02 Å². The standard InChI is InChI=1S/C22H27ClN2O4/c1-14(15-9-11-18(28-5)12-10-15)24-20(26)19(16-7-6-8-17(23)13-16)25-21(27)29-22(2,3)4/h6-14,19H,1-5H3,(H,24,26)(H,25,27). The van der Waals surface area contributed by atoms with E-state index in [-0.39, 0.29) is 11.9 Å². The van der Waals surface area contributed by atoms with E-state index in [1.54, 1.807) is 52.1 Å². The Morgan fingerprint density at radius 1 is 1.00 bits per heavy atom. The minimum absolute atomic E-state index is 0.282. The summed E-state index contributed by atoms with van der Waals surface area (Å²) in [7, 11) is 1.60. The Bertz CT molecular complexity index is 847. The third kappa shape index (κ3) is 6.98. The Balaban J connectivity index is 2.19. The molecule has 2 aromatic rings. The molecular formula is C22H27ClN2O4. The Hall–Kier alpha value is -2.73. The SMILES string of the molecule is COc1ccc(C(C)NC(=O)C(NC(=O)OC(C)(C)C)c2cccc(Cl)c2)cc1. The molecule has 0 aliphatic heterocycles. The normalized spacial score (nSPS) is 13.2. The summed E-state index contributed by atoms with van der Waals surface area (Å²) in [5.41, 5.74) is 0.777. The predicted molar refractivity (Wildman–Crippen MR) is 113 cm³/mol. The van der Waals surface area contributed by atoms with E-state index in [0.717, 1.165) is 11.3 Å². The maximum absolute atomic E-state index is 13.0. The summed E-state index contributed by atoms with van der Waals surface area (Å²) in [6.45, 7) is 7.13. The van der Waals surface area contributed by atoms with E-state index >= 15 is 0 Å². The number of hydrogen-bond acceptors (Lipinski definition) is 4. The fourth-order valence-electron chi connectivity index (χ4n) is 2.68. The molecule has 2 atom stereocenters. The summed E-state index contributed by atoms with van der Waals surface area (Å²) in [6, 6.07) is 13.0. The molecule has 2 N–H and O–H groups in total. The maximum Gasteiger partial charge on any atom is 0.408 e. The number of rotatable bonds is 6. The molecule has 29 heavy (non-hydrogen) atoms. The number of alkyl carbamates (subject to hydrolysis) is 1. The number of carbonyl (C=O) groups is 2. The molecule has 0 radical (unpaired) electrons. The minimum Gasteiger partial charge on any atom is -0.497 e. The number of carbonyl (C=O) groups excluding carboxylic acids is 2. The van der Waals surface area contributed by atoms with Crippen molar-refractivity contribution in [3.05, 3.63) is 64.7 Å². The first-order valence-corrected chi connectivity index (χ1v) is 9.66. The second-order valence-corrected chi connectivity index (χ2v) is 8.07. The van der Waals surface area contributed by atoms with E-state index in [1.165, 1.54) is 0 Å². The molecule has 0 aromatic heterocycles. The van der Waals surface area contributed by atoms with E-state index in [4.69, 9.17) is 21.1 Å². The van der Waals surface area contributed by atoms with Crippen molar-refractivity contribution in [2.75, 3.05) is 7.11 Å². The Morgan fingerprint density at radius 2 is 1.66 bits per heavy atom. The summed E-state index contributed by atoms with van der Waals surface area (Å²) in [5.74, 6) is 0.358. The van der Waals surface area contributed by atoms with Gasteiger partial charge in [0.05, 0.1) is 13.2 Å². The van der Waals surface area contributed by atoms with Crippen LogP contribution in [0.1, 0.15) is 50.9 Å². The molecule has 0 saturated heterocycles. The van der Waals surface area contributed by atoms with Crippen LogP contribution in [-0.2, 0) is 9.53 Å². The van der Waals surface area contributed by atoms with E-state index in [9.17, 15) is 9.59 Å². The van der Waals surface area contributed by atoms with Gasteiger partial charge in [0.2, 0.25) is 5.91 Å². The second-order valence-electron chi connectivity index (χ2n) is 7.64. The van der Waals surface area contributed by atoms with Crippen LogP contribution in [0.25, 0.3) is 0 Å². The molecule has 0 saturated carbocycles. The van der Waals surface area contributed by atoms with Gasteiger partial charge in [0, 0.05) is 5.02 Å². The highest BCUT2D eigenvalue weighted by Gasteiger charge is 2.27. The molecule has 0 bridgehead atoms. The van der Waals surface area contributed by atoms with Gasteiger partial charge in [-0.25, -0.2) is 4.79 Å². The van der Waals surface area contributed by atoms with Gasteiger partial charge in [-0.05, 0) is 63.1 Å². The molecule has 0 aliphatic rings. The van der Waals surface area contributed by atoms with Gasteiger partial charge in [-0.1, -0.05) is 35.9 Å². The minimum atomic E-state index is -0.954. The number of ether oxygens (including phenoxy) is 2. The quantitative estimate of drug-likeness (QED) is 0.706. The molecule has 156 valence electrons. The molecule has 7 heteroatoms. The third-order valence-corrected chi connectivity index (χ3v) is 4.31. The van der Waals surface area contributed by atoms with Crippen molar-refractivity contribution < 1.29 is 19.1 Å². The summed E-state index contributed by atoms with van der Waals surface area (Å²) in [5, 5.41) is 6.03. The number of benzene rings is 2. The van der Waals surface area contributed by atoms with Crippen LogP contribution in [-0.4, -0.2) is 24.7 Å². The molecule has 0 fully saturated rings. The fourth-order valence-corrected chi connectivity index (χ4v) is 2.88. The molecule has 2 aromatic carbocycles. The largest absolute Gasteiger partial charge is 0.497 e. The summed E-state index contributed by atoms with van der Waals surface area (Å²) in [6.07, 6.45) is -0.685. The van der Waals surface area contributed by atoms with Crippen molar-refractivity contribution in [2.24, 2.45) is 0 Å². The van der Waals surface area contributed by atoms with E-state index in [2.05, 4.69) is 10.6 Å². The van der Waals surface area contributed by atoms with Crippen LogP contribution < -0.4 is 15.4 Å². The lowest BCUT2D eigenvalue weighted by Gasteiger charge is -2.25. The van der Waals surface area contributed by atoms with Crippen LogP contribution in [0.15, 0.2) is 48.5 Å². The summed E-state index contributed by atoms with van der Waals surface area (Å²) in [4.78, 5) is 25.3. The Kier molecular flexibility index (Phi) is 7.51. The van der Waals surface area contributed by atoms with Crippen molar-refractivity contribution in [3.63, 3.8) is 0 Å². The van der Waals surface area contributed by atoms with Crippen molar-refractivity contribution in [2.45, 2.75) is 45.4 Å². The zero-order valence-electron chi connectivity index (χ0n) is 17.3. The lowest BCUT2D eigenvalue weighted by molar-refractivity contribution is -0.124. The number of halogens is 1. The topological polar surface area (TPSA) is 76.7 Å². The zero-order valence-corrected chi connectivity index (χ0v) is 18.0. The first kappa shape index (κ1) is 22.6. The fraction of sp³-hybridized carbons (Fsp3) is 0.364. The van der Waals surface area contributed by atoms with Gasteiger partial charge in [-0.15, -0.1) is 0 Å².